The fraction of sp³-hybridized carbons (Fsp3) is 0.577. The average molecular weight is 458 g/mol. The van der Waals surface area contributed by atoms with Crippen molar-refractivity contribution < 1.29 is 19.1 Å². The third-order valence-corrected chi connectivity index (χ3v) is 5.79. The largest absolute Gasteiger partial charge is 0.444 e. The number of rotatable bonds is 8. The van der Waals surface area contributed by atoms with Crippen molar-refractivity contribution >= 4 is 17.9 Å². The van der Waals surface area contributed by atoms with Crippen LogP contribution in [0.3, 0.4) is 0 Å². The smallest absolute Gasteiger partial charge is 0.408 e. The third kappa shape index (κ3) is 8.22. The summed E-state index contributed by atoms with van der Waals surface area (Å²) in [6.45, 7) is 12.9. The zero-order valence-electron chi connectivity index (χ0n) is 20.7. The minimum atomic E-state index is -0.822. The van der Waals surface area contributed by atoms with Crippen molar-refractivity contribution in [3.63, 3.8) is 0 Å². The summed E-state index contributed by atoms with van der Waals surface area (Å²) < 4.78 is 5.23. The Hall–Kier alpha value is -2.83. The van der Waals surface area contributed by atoms with Crippen molar-refractivity contribution in [3.05, 3.63) is 47.5 Å². The minimum absolute atomic E-state index is 0.112. The molecule has 1 fully saturated rings. The van der Waals surface area contributed by atoms with Gasteiger partial charge in [-0.25, -0.2) is 4.79 Å². The number of nitrogens with one attached hydrogen (secondary N) is 2. The van der Waals surface area contributed by atoms with Crippen molar-refractivity contribution in [2.75, 3.05) is 13.1 Å². The van der Waals surface area contributed by atoms with E-state index in [9.17, 15) is 14.4 Å². The van der Waals surface area contributed by atoms with E-state index in [2.05, 4.69) is 17.2 Å². The van der Waals surface area contributed by atoms with Crippen LogP contribution in [0.25, 0.3) is 0 Å². The first-order valence-electron chi connectivity index (χ1n) is 11.8. The summed E-state index contributed by atoms with van der Waals surface area (Å²) in [7, 11) is 0. The molecular formula is C26H39N3O4. The van der Waals surface area contributed by atoms with Crippen LogP contribution in [-0.2, 0) is 14.3 Å². The van der Waals surface area contributed by atoms with Crippen molar-refractivity contribution in [1.82, 2.24) is 15.5 Å². The molecular weight excluding hydrogens is 418 g/mol. The fourth-order valence-corrected chi connectivity index (χ4v) is 3.99. The molecule has 7 heteroatoms. The van der Waals surface area contributed by atoms with E-state index in [1.54, 1.807) is 26.8 Å². The molecule has 1 aromatic rings. The van der Waals surface area contributed by atoms with Gasteiger partial charge in [0, 0.05) is 12.6 Å². The van der Waals surface area contributed by atoms with Crippen LogP contribution in [0.5, 0.6) is 0 Å². The van der Waals surface area contributed by atoms with E-state index < -0.39 is 17.7 Å². The van der Waals surface area contributed by atoms with Gasteiger partial charge in [0.2, 0.25) is 11.8 Å². The molecule has 33 heavy (non-hydrogen) atoms. The van der Waals surface area contributed by atoms with Gasteiger partial charge in [0.05, 0.1) is 0 Å². The second kappa shape index (κ2) is 11.9. The number of carbonyl (C=O) groups is 3. The van der Waals surface area contributed by atoms with E-state index in [0.717, 1.165) is 42.4 Å². The molecule has 1 aromatic carbocycles. The Kier molecular flexibility index (Phi) is 9.50. The lowest BCUT2D eigenvalue weighted by atomic mass is 9.94. The highest BCUT2D eigenvalue weighted by Gasteiger charge is 2.32. The van der Waals surface area contributed by atoms with Crippen molar-refractivity contribution in [3.8, 4) is 0 Å². The van der Waals surface area contributed by atoms with Crippen LogP contribution in [0.15, 0.2) is 30.9 Å². The van der Waals surface area contributed by atoms with Crippen LogP contribution in [0.4, 0.5) is 4.79 Å². The van der Waals surface area contributed by atoms with Gasteiger partial charge in [-0.1, -0.05) is 43.5 Å². The van der Waals surface area contributed by atoms with Crippen LogP contribution >= 0.6 is 0 Å². The van der Waals surface area contributed by atoms with Crippen LogP contribution in [0.1, 0.15) is 75.6 Å². The first-order chi connectivity index (χ1) is 15.5. The molecule has 0 aromatic heterocycles. The number of aryl methyl sites for hydroxylation is 2. The molecule has 2 rings (SSSR count). The molecule has 1 atom stereocenters. The van der Waals surface area contributed by atoms with E-state index in [4.69, 9.17) is 4.74 Å². The van der Waals surface area contributed by atoms with Gasteiger partial charge in [-0.05, 0) is 64.2 Å². The number of alkyl carbamates (subject to hydrolysis) is 1. The van der Waals surface area contributed by atoms with Gasteiger partial charge < -0.3 is 20.3 Å². The summed E-state index contributed by atoms with van der Waals surface area (Å²) in [5.41, 5.74) is 2.22. The molecule has 0 spiro atoms. The monoisotopic (exact) mass is 457 g/mol. The molecule has 7 nitrogen and oxygen atoms in total. The normalized spacial score (nSPS) is 15.3. The van der Waals surface area contributed by atoms with Crippen LogP contribution in [-0.4, -0.2) is 47.5 Å². The zero-order chi connectivity index (χ0) is 24.6. The Morgan fingerprint density at radius 3 is 2.39 bits per heavy atom. The molecule has 3 amide bonds. The predicted molar refractivity (Wildman–Crippen MR) is 130 cm³/mol. The maximum Gasteiger partial charge on any atom is 0.408 e. The highest BCUT2D eigenvalue weighted by molar-refractivity contribution is 5.90. The fourth-order valence-electron chi connectivity index (χ4n) is 3.99. The SMILES string of the molecule is C=CCN(C(=O)CNC(=O)OC(C)(C)C)C(C(=O)NC1CCCCC1)c1ccc(C)c(C)c1. The van der Waals surface area contributed by atoms with E-state index in [1.807, 2.05) is 32.0 Å². The Morgan fingerprint density at radius 2 is 1.82 bits per heavy atom. The van der Waals surface area contributed by atoms with Gasteiger partial charge in [-0.2, -0.15) is 0 Å². The van der Waals surface area contributed by atoms with Gasteiger partial charge >= 0.3 is 6.09 Å². The number of amides is 3. The molecule has 1 aliphatic rings. The Labute approximate surface area is 197 Å². The topological polar surface area (TPSA) is 87.7 Å². The number of hydrogen-bond donors (Lipinski definition) is 2. The summed E-state index contributed by atoms with van der Waals surface area (Å²) >= 11 is 0. The maximum atomic E-state index is 13.5. The first kappa shape index (κ1) is 26.4. The van der Waals surface area contributed by atoms with Gasteiger partial charge in [0.15, 0.2) is 0 Å². The first-order valence-corrected chi connectivity index (χ1v) is 11.8. The Bertz CT molecular complexity index is 854. The minimum Gasteiger partial charge on any atom is -0.444 e. The third-order valence-electron chi connectivity index (χ3n) is 5.79. The molecule has 2 N–H and O–H groups in total. The van der Waals surface area contributed by atoms with E-state index >= 15 is 0 Å². The number of ether oxygens (including phenoxy) is 1. The number of hydrogen-bond acceptors (Lipinski definition) is 4. The van der Waals surface area contributed by atoms with E-state index in [1.165, 1.54) is 11.3 Å². The average Bonchev–Trinajstić information content (AvgIpc) is 2.73. The lowest BCUT2D eigenvalue weighted by Gasteiger charge is -2.33. The highest BCUT2D eigenvalue weighted by Crippen LogP contribution is 2.26. The molecule has 0 aliphatic heterocycles. The highest BCUT2D eigenvalue weighted by atomic mass is 16.6. The Morgan fingerprint density at radius 1 is 1.15 bits per heavy atom. The quantitative estimate of drug-likeness (QED) is 0.569. The standard InChI is InChI=1S/C26H39N3O4/c1-7-15-29(22(30)17-27-25(32)33-26(4,5)6)23(20-14-13-18(2)19(3)16-20)24(31)28-21-11-9-8-10-12-21/h7,13-14,16,21,23H,1,8-12,15,17H2,2-6H3,(H,27,32)(H,28,31). The van der Waals surface area contributed by atoms with Gasteiger partial charge in [0.1, 0.15) is 18.2 Å². The van der Waals surface area contributed by atoms with Gasteiger partial charge in [-0.15, -0.1) is 6.58 Å². The van der Waals surface area contributed by atoms with Crippen LogP contribution < -0.4 is 10.6 Å². The van der Waals surface area contributed by atoms with Crippen molar-refractivity contribution in [1.29, 1.82) is 0 Å². The summed E-state index contributed by atoms with van der Waals surface area (Å²) in [5, 5.41) is 5.67. The summed E-state index contributed by atoms with van der Waals surface area (Å²) in [5.74, 6) is -0.597. The number of carbonyl (C=O) groups excluding carboxylic acids is 3. The lowest BCUT2D eigenvalue weighted by molar-refractivity contribution is -0.140. The van der Waals surface area contributed by atoms with E-state index in [-0.39, 0.29) is 30.9 Å². The molecule has 0 heterocycles. The molecule has 0 bridgehead atoms. The van der Waals surface area contributed by atoms with Crippen molar-refractivity contribution in [2.24, 2.45) is 0 Å². The van der Waals surface area contributed by atoms with E-state index in [0.29, 0.717) is 0 Å². The molecule has 1 saturated carbocycles. The summed E-state index contributed by atoms with van der Waals surface area (Å²) in [6.07, 6.45) is 6.17. The maximum absolute atomic E-state index is 13.5. The second-order valence-corrected chi connectivity index (χ2v) is 9.78. The molecule has 0 radical (unpaired) electrons. The second-order valence-electron chi connectivity index (χ2n) is 9.78. The Balaban J connectivity index is 2.28. The lowest BCUT2D eigenvalue weighted by Crippen LogP contribution is -2.49. The van der Waals surface area contributed by atoms with Crippen LogP contribution in [0.2, 0.25) is 0 Å². The van der Waals surface area contributed by atoms with Gasteiger partial charge in [-0.3, -0.25) is 9.59 Å². The predicted octanol–water partition coefficient (Wildman–Crippen LogP) is 4.33. The molecule has 0 saturated heterocycles. The molecule has 1 unspecified atom stereocenters. The summed E-state index contributed by atoms with van der Waals surface area (Å²) in [6, 6.07) is 5.09. The van der Waals surface area contributed by atoms with Gasteiger partial charge in [0.25, 0.3) is 0 Å². The number of benzene rings is 1. The van der Waals surface area contributed by atoms with Crippen molar-refractivity contribution in [2.45, 2.75) is 84.4 Å². The molecule has 182 valence electrons. The summed E-state index contributed by atoms with van der Waals surface area (Å²) in [4.78, 5) is 40.2. The molecule has 1 aliphatic carbocycles. The number of nitrogens with zero attached hydrogens (tertiary/aromatic N) is 1. The van der Waals surface area contributed by atoms with Crippen LogP contribution in [0, 0.1) is 13.8 Å². The zero-order valence-corrected chi connectivity index (χ0v) is 20.7.